The number of morpholine rings is 1. The fraction of sp³-hybridized carbons (Fsp3) is 1.00. The normalized spacial score (nSPS) is 25.3. The van der Waals surface area contributed by atoms with Crippen LogP contribution in [0.3, 0.4) is 0 Å². The zero-order chi connectivity index (χ0) is 5.11. The van der Waals surface area contributed by atoms with Crippen LogP contribution in [0.5, 0.6) is 0 Å². The number of nitrogens with zero attached hydrogens (tertiary/aromatic N) is 1. The van der Waals surface area contributed by atoms with Gasteiger partial charge in [0, 0.05) is 0 Å². The Bertz CT molecular complexity index is 53.7. The summed E-state index contributed by atoms with van der Waals surface area (Å²) < 4.78 is 7.52. The van der Waals surface area contributed by atoms with Crippen LogP contribution in [0.25, 0.3) is 0 Å². The summed E-state index contributed by atoms with van der Waals surface area (Å²) >= 11 is 1.26. The molecule has 40 valence electrons. The number of ether oxygens (including phenoxy) is 1. The third kappa shape index (κ3) is 1.97. The van der Waals surface area contributed by atoms with E-state index in [0.717, 1.165) is 26.3 Å². The number of hydrogen-bond acceptors (Lipinski definition) is 2. The molecule has 1 aliphatic rings. The van der Waals surface area contributed by atoms with E-state index < -0.39 is 0 Å². The summed E-state index contributed by atoms with van der Waals surface area (Å²) in [6.07, 6.45) is 0. The molecule has 1 fully saturated rings. The molecule has 0 aromatic rings. The summed E-state index contributed by atoms with van der Waals surface area (Å²) in [7, 11) is 0. The molecule has 1 saturated heterocycles. The van der Waals surface area contributed by atoms with Crippen LogP contribution in [0.15, 0.2) is 0 Å². The summed E-state index contributed by atoms with van der Waals surface area (Å²) in [6.45, 7) is 4.20. The van der Waals surface area contributed by atoms with Crippen molar-refractivity contribution in [2.24, 2.45) is 0 Å². The first-order valence-electron chi connectivity index (χ1n) is 2.47. The van der Waals surface area contributed by atoms with Crippen molar-refractivity contribution in [2.45, 2.75) is 0 Å². The second-order valence-corrected chi connectivity index (χ2v) is 3.73. The molecule has 0 atom stereocenters. The summed E-state index contributed by atoms with van der Waals surface area (Å²) in [5.41, 5.74) is 0. The Labute approximate surface area is 57.3 Å². The van der Waals surface area contributed by atoms with Gasteiger partial charge in [-0.05, 0) is 0 Å². The number of hydrogen-bond donors (Lipinski definition) is 0. The van der Waals surface area contributed by atoms with E-state index in [4.69, 9.17) is 4.74 Å². The van der Waals surface area contributed by atoms with E-state index in [2.05, 4.69) is 3.12 Å². The van der Waals surface area contributed by atoms with Gasteiger partial charge in [-0.1, -0.05) is 0 Å². The van der Waals surface area contributed by atoms with Crippen molar-refractivity contribution < 1.29 is 4.74 Å². The Morgan fingerprint density at radius 1 is 1.29 bits per heavy atom. The second-order valence-electron chi connectivity index (χ2n) is 1.65. The minimum absolute atomic E-state index is 0.946. The van der Waals surface area contributed by atoms with Gasteiger partial charge in [0.2, 0.25) is 0 Å². The molecule has 0 aromatic heterocycles. The van der Waals surface area contributed by atoms with Crippen molar-refractivity contribution in [3.05, 3.63) is 0 Å². The molecule has 0 aliphatic carbocycles. The van der Waals surface area contributed by atoms with E-state index in [1.807, 2.05) is 0 Å². The number of rotatable bonds is 0. The van der Waals surface area contributed by atoms with Crippen LogP contribution in [0.2, 0.25) is 0 Å². The van der Waals surface area contributed by atoms with E-state index in [1.165, 1.54) is 22.8 Å². The van der Waals surface area contributed by atoms with E-state index in [0.29, 0.717) is 0 Å². The second kappa shape index (κ2) is 2.89. The molecule has 1 aliphatic heterocycles. The molecule has 1 rings (SSSR count). The zero-order valence-electron chi connectivity index (χ0n) is 4.26. The molecule has 0 aromatic carbocycles. The van der Waals surface area contributed by atoms with E-state index in [-0.39, 0.29) is 0 Å². The van der Waals surface area contributed by atoms with Crippen molar-refractivity contribution in [3.8, 4) is 0 Å². The predicted octanol–water partition coefficient (Wildman–Crippen LogP) is -0.866. The summed E-state index contributed by atoms with van der Waals surface area (Å²) in [5.74, 6) is 0. The molecule has 0 bridgehead atoms. The zero-order valence-corrected chi connectivity index (χ0v) is 7.56. The van der Waals surface area contributed by atoms with E-state index in [9.17, 15) is 0 Å². The first-order valence-corrected chi connectivity index (χ1v) is 3.94. The third-order valence-electron chi connectivity index (χ3n) is 1.05. The van der Waals surface area contributed by atoms with Crippen LogP contribution < -0.4 is 0 Å². The van der Waals surface area contributed by atoms with Crippen molar-refractivity contribution in [1.29, 1.82) is 0 Å². The molecule has 2 radical (unpaired) electrons. The summed E-state index contributed by atoms with van der Waals surface area (Å²) in [5, 5.41) is 0. The molecule has 0 N–H and O–H groups in total. The van der Waals surface area contributed by atoms with Crippen molar-refractivity contribution in [1.82, 2.24) is 3.12 Å². The molecule has 3 heteroatoms. The van der Waals surface area contributed by atoms with Gasteiger partial charge in [-0.15, -0.1) is 0 Å². The van der Waals surface area contributed by atoms with Gasteiger partial charge in [0.25, 0.3) is 0 Å². The first kappa shape index (κ1) is 5.85. The van der Waals surface area contributed by atoms with Crippen molar-refractivity contribution in [3.63, 3.8) is 0 Å². The van der Waals surface area contributed by atoms with Gasteiger partial charge in [-0.3, -0.25) is 0 Å². The molecular formula is C4H9NOSn. The van der Waals surface area contributed by atoms with Crippen LogP contribution in [-0.4, -0.2) is 52.2 Å². The van der Waals surface area contributed by atoms with Gasteiger partial charge in [-0.25, -0.2) is 0 Å². The maximum absolute atomic E-state index is 5.12. The van der Waals surface area contributed by atoms with Gasteiger partial charge in [0.15, 0.2) is 0 Å². The quantitative estimate of drug-likeness (QED) is 0.478. The first-order chi connectivity index (χ1) is 3.39. The van der Waals surface area contributed by atoms with Gasteiger partial charge in [0.1, 0.15) is 0 Å². The topological polar surface area (TPSA) is 12.5 Å². The Morgan fingerprint density at radius 2 is 1.86 bits per heavy atom. The average molecular weight is 206 g/mol. The predicted molar refractivity (Wildman–Crippen MR) is 29.5 cm³/mol. The average Bonchev–Trinajstić information content (AvgIpc) is 1.69. The van der Waals surface area contributed by atoms with Gasteiger partial charge < -0.3 is 0 Å². The molecule has 1 heterocycles. The SMILES string of the molecule is [SnH][N]1CCOCC1. The third-order valence-corrected chi connectivity index (χ3v) is 2.52. The van der Waals surface area contributed by atoms with Gasteiger partial charge in [0.05, 0.1) is 0 Å². The van der Waals surface area contributed by atoms with E-state index >= 15 is 0 Å². The molecule has 0 unspecified atom stereocenters. The fourth-order valence-corrected chi connectivity index (χ4v) is 1.18. The molecule has 0 spiro atoms. The Kier molecular flexibility index (Phi) is 2.41. The molecule has 0 saturated carbocycles. The van der Waals surface area contributed by atoms with Crippen LogP contribution in [-0.2, 0) is 4.74 Å². The van der Waals surface area contributed by atoms with Gasteiger partial charge in [-0.2, -0.15) is 0 Å². The standard InChI is InChI=1S/C4H8NO.Sn.H/c1-3-6-4-2-5-1;;/h1-4H2;;/q-1;+1;. The Hall–Kier alpha value is 0.719. The summed E-state index contributed by atoms with van der Waals surface area (Å²) in [4.78, 5) is 0. The minimum atomic E-state index is 0.946. The molecular weight excluding hydrogens is 197 g/mol. The monoisotopic (exact) mass is 207 g/mol. The fourth-order valence-electron chi connectivity index (χ4n) is 0.577. The van der Waals surface area contributed by atoms with Crippen LogP contribution in [0.4, 0.5) is 0 Å². The van der Waals surface area contributed by atoms with Crippen molar-refractivity contribution in [2.75, 3.05) is 26.3 Å². The molecule has 2 nitrogen and oxygen atoms in total. The Morgan fingerprint density at radius 3 is 2.14 bits per heavy atom. The summed E-state index contributed by atoms with van der Waals surface area (Å²) in [6, 6.07) is 0. The van der Waals surface area contributed by atoms with Crippen molar-refractivity contribution >= 4 is 22.8 Å². The Balaban J connectivity index is 2.12. The van der Waals surface area contributed by atoms with E-state index in [1.54, 1.807) is 0 Å². The maximum atomic E-state index is 5.12. The van der Waals surface area contributed by atoms with Crippen LogP contribution in [0, 0.1) is 0 Å². The molecule has 0 amide bonds. The van der Waals surface area contributed by atoms with Gasteiger partial charge >= 0.3 is 57.0 Å². The van der Waals surface area contributed by atoms with Crippen LogP contribution in [0.1, 0.15) is 0 Å². The van der Waals surface area contributed by atoms with Crippen LogP contribution >= 0.6 is 0 Å². The molecule has 7 heavy (non-hydrogen) atoms.